The summed E-state index contributed by atoms with van der Waals surface area (Å²) in [5, 5.41) is 8.46. The van der Waals surface area contributed by atoms with E-state index in [1.165, 1.54) is 0 Å². The Morgan fingerprint density at radius 1 is 1.41 bits per heavy atom. The second kappa shape index (κ2) is 3.51. The molecule has 0 fully saturated rings. The lowest BCUT2D eigenvalue weighted by molar-refractivity contribution is 0.112. The van der Waals surface area contributed by atoms with Crippen LogP contribution in [0.25, 0.3) is 16.8 Å². The maximum atomic E-state index is 10.9. The van der Waals surface area contributed by atoms with E-state index < -0.39 is 0 Å². The monoisotopic (exact) mass is 227 g/mol. The summed E-state index contributed by atoms with van der Waals surface area (Å²) in [6.45, 7) is 0. The third kappa shape index (κ3) is 1.50. The van der Waals surface area contributed by atoms with E-state index in [1.54, 1.807) is 27.8 Å². The van der Waals surface area contributed by atoms with E-state index >= 15 is 0 Å². The minimum Gasteiger partial charge on any atom is -0.296 e. The number of rotatable bonds is 2. The van der Waals surface area contributed by atoms with Gasteiger partial charge in [0.25, 0.3) is 0 Å². The van der Waals surface area contributed by atoms with E-state index in [4.69, 9.17) is 0 Å². The van der Waals surface area contributed by atoms with Crippen molar-refractivity contribution >= 4 is 11.8 Å². The molecule has 0 saturated heterocycles. The Bertz CT molecular complexity index is 697. The molecular formula is C11H9N5O. The number of carbonyl (C=O) groups excluding carboxylic acids is 1. The number of aldehydes is 1. The van der Waals surface area contributed by atoms with Crippen LogP contribution in [0.4, 0.5) is 0 Å². The highest BCUT2D eigenvalue weighted by atomic mass is 16.1. The van der Waals surface area contributed by atoms with Gasteiger partial charge in [-0.05, 0) is 6.07 Å². The van der Waals surface area contributed by atoms with E-state index in [2.05, 4.69) is 15.2 Å². The standard InChI is InChI=1S/C11H9N5O/c1-15-6-8(5-13-15)9-4-11-10(7-17)12-2-3-16(11)14-9/h2-7H,1H3. The quantitative estimate of drug-likeness (QED) is 0.611. The maximum Gasteiger partial charge on any atom is 0.170 e. The predicted octanol–water partition coefficient (Wildman–Crippen LogP) is 0.942. The number of nitrogens with zero attached hydrogens (tertiary/aromatic N) is 5. The first-order chi connectivity index (χ1) is 8.28. The Morgan fingerprint density at radius 2 is 2.29 bits per heavy atom. The van der Waals surface area contributed by atoms with Crippen molar-refractivity contribution in [2.45, 2.75) is 0 Å². The molecule has 0 bridgehead atoms. The molecule has 3 aromatic rings. The Hall–Kier alpha value is -2.50. The molecule has 0 atom stereocenters. The van der Waals surface area contributed by atoms with E-state index in [-0.39, 0.29) is 0 Å². The molecule has 0 aliphatic heterocycles. The summed E-state index contributed by atoms with van der Waals surface area (Å²) in [6, 6.07) is 1.83. The lowest BCUT2D eigenvalue weighted by Crippen LogP contribution is -1.93. The van der Waals surface area contributed by atoms with Crippen LogP contribution in [0.3, 0.4) is 0 Å². The van der Waals surface area contributed by atoms with Crippen molar-refractivity contribution in [1.29, 1.82) is 0 Å². The van der Waals surface area contributed by atoms with E-state index in [0.717, 1.165) is 17.5 Å². The Labute approximate surface area is 96.5 Å². The summed E-state index contributed by atoms with van der Waals surface area (Å²) in [4.78, 5) is 14.8. The van der Waals surface area contributed by atoms with Gasteiger partial charge >= 0.3 is 0 Å². The normalized spacial score (nSPS) is 10.9. The largest absolute Gasteiger partial charge is 0.296 e. The highest BCUT2D eigenvalue weighted by Gasteiger charge is 2.09. The number of hydrogen-bond acceptors (Lipinski definition) is 4. The molecule has 6 heteroatoms. The summed E-state index contributed by atoms with van der Waals surface area (Å²) in [6.07, 6.45) is 7.59. The Kier molecular flexibility index (Phi) is 2.01. The molecule has 0 N–H and O–H groups in total. The smallest absolute Gasteiger partial charge is 0.170 e. The van der Waals surface area contributed by atoms with Gasteiger partial charge < -0.3 is 0 Å². The van der Waals surface area contributed by atoms with Crippen molar-refractivity contribution < 1.29 is 4.79 Å². The van der Waals surface area contributed by atoms with Crippen molar-refractivity contribution in [2.75, 3.05) is 0 Å². The highest BCUT2D eigenvalue weighted by molar-refractivity contribution is 5.84. The molecule has 0 aromatic carbocycles. The Morgan fingerprint density at radius 3 is 3.00 bits per heavy atom. The fourth-order valence-corrected chi connectivity index (χ4v) is 1.73. The number of aromatic nitrogens is 5. The van der Waals surface area contributed by atoms with Gasteiger partial charge in [-0.1, -0.05) is 0 Å². The SMILES string of the molecule is Cn1cc(-c2cc3c(C=O)nccn3n2)cn1. The molecule has 0 unspecified atom stereocenters. The molecule has 3 rings (SSSR count). The van der Waals surface area contributed by atoms with Gasteiger partial charge in [-0.25, -0.2) is 9.50 Å². The van der Waals surface area contributed by atoms with Gasteiger partial charge in [0.1, 0.15) is 5.69 Å². The van der Waals surface area contributed by atoms with Crippen molar-refractivity contribution in [3.63, 3.8) is 0 Å². The molecule has 0 radical (unpaired) electrons. The molecular weight excluding hydrogens is 218 g/mol. The number of hydrogen-bond donors (Lipinski definition) is 0. The van der Waals surface area contributed by atoms with Crippen LogP contribution in [0.1, 0.15) is 10.5 Å². The van der Waals surface area contributed by atoms with Crippen LogP contribution >= 0.6 is 0 Å². The molecule has 6 nitrogen and oxygen atoms in total. The van der Waals surface area contributed by atoms with Gasteiger partial charge in [0, 0.05) is 31.2 Å². The average Bonchev–Trinajstić information content (AvgIpc) is 2.93. The molecule has 3 aromatic heterocycles. The zero-order valence-electron chi connectivity index (χ0n) is 9.11. The topological polar surface area (TPSA) is 65.1 Å². The summed E-state index contributed by atoms with van der Waals surface area (Å²) < 4.78 is 3.34. The van der Waals surface area contributed by atoms with E-state index in [9.17, 15) is 4.79 Å². The van der Waals surface area contributed by atoms with Crippen LogP contribution in [-0.2, 0) is 7.05 Å². The van der Waals surface area contributed by atoms with Crippen molar-refractivity contribution in [1.82, 2.24) is 24.4 Å². The van der Waals surface area contributed by atoms with E-state index in [1.807, 2.05) is 19.3 Å². The molecule has 0 aliphatic carbocycles. The lowest BCUT2D eigenvalue weighted by Gasteiger charge is -1.92. The van der Waals surface area contributed by atoms with Gasteiger partial charge in [0.2, 0.25) is 0 Å². The fraction of sp³-hybridized carbons (Fsp3) is 0.0909. The summed E-state index contributed by atoms with van der Waals surface area (Å²) in [5.41, 5.74) is 2.76. The molecule has 3 heterocycles. The van der Waals surface area contributed by atoms with Gasteiger partial charge in [-0.15, -0.1) is 0 Å². The molecule has 0 spiro atoms. The summed E-state index contributed by atoms with van der Waals surface area (Å²) >= 11 is 0. The fourth-order valence-electron chi connectivity index (χ4n) is 1.73. The predicted molar refractivity (Wildman–Crippen MR) is 60.6 cm³/mol. The molecule has 84 valence electrons. The first-order valence-corrected chi connectivity index (χ1v) is 5.06. The minimum absolute atomic E-state index is 0.384. The van der Waals surface area contributed by atoms with Crippen LogP contribution < -0.4 is 0 Å². The molecule has 17 heavy (non-hydrogen) atoms. The van der Waals surface area contributed by atoms with Crippen LogP contribution in [0, 0.1) is 0 Å². The second-order valence-corrected chi connectivity index (χ2v) is 3.69. The summed E-state index contributed by atoms with van der Waals surface area (Å²) in [5.74, 6) is 0. The number of aryl methyl sites for hydroxylation is 1. The van der Waals surface area contributed by atoms with E-state index in [0.29, 0.717) is 11.2 Å². The summed E-state index contributed by atoms with van der Waals surface area (Å²) in [7, 11) is 1.84. The molecule has 0 amide bonds. The van der Waals surface area contributed by atoms with Gasteiger partial charge in [0.15, 0.2) is 6.29 Å². The van der Waals surface area contributed by atoms with Crippen molar-refractivity contribution in [3.05, 3.63) is 36.5 Å². The average molecular weight is 227 g/mol. The van der Waals surface area contributed by atoms with Gasteiger partial charge in [0.05, 0.1) is 17.4 Å². The first kappa shape index (κ1) is 9.71. The first-order valence-electron chi connectivity index (χ1n) is 5.06. The van der Waals surface area contributed by atoms with Crippen molar-refractivity contribution in [2.24, 2.45) is 7.05 Å². The van der Waals surface area contributed by atoms with Gasteiger partial charge in [-0.2, -0.15) is 10.2 Å². The zero-order chi connectivity index (χ0) is 11.8. The second-order valence-electron chi connectivity index (χ2n) is 3.69. The van der Waals surface area contributed by atoms with Crippen LogP contribution in [0.2, 0.25) is 0 Å². The number of fused-ring (bicyclic) bond motifs is 1. The maximum absolute atomic E-state index is 10.9. The highest BCUT2D eigenvalue weighted by Crippen LogP contribution is 2.19. The third-order valence-corrected chi connectivity index (χ3v) is 2.53. The molecule has 0 aliphatic rings. The van der Waals surface area contributed by atoms with Crippen LogP contribution in [0.15, 0.2) is 30.9 Å². The Balaban J connectivity index is 2.23. The third-order valence-electron chi connectivity index (χ3n) is 2.53. The molecule has 0 saturated carbocycles. The lowest BCUT2D eigenvalue weighted by atomic mass is 10.2. The zero-order valence-corrected chi connectivity index (χ0v) is 9.11. The van der Waals surface area contributed by atoms with Gasteiger partial charge in [-0.3, -0.25) is 9.48 Å². The minimum atomic E-state index is 0.384. The van der Waals surface area contributed by atoms with Crippen LogP contribution in [-0.4, -0.2) is 30.7 Å². The van der Waals surface area contributed by atoms with Crippen LogP contribution in [0.5, 0.6) is 0 Å². The number of carbonyl (C=O) groups is 1. The van der Waals surface area contributed by atoms with Crippen molar-refractivity contribution in [3.8, 4) is 11.3 Å².